The van der Waals surface area contributed by atoms with Crippen molar-refractivity contribution in [3.05, 3.63) is 70.3 Å². The number of anilines is 1. The summed E-state index contributed by atoms with van der Waals surface area (Å²) in [5.41, 5.74) is 0.812. The molecule has 0 spiro atoms. The van der Waals surface area contributed by atoms with Crippen LogP contribution in [0.2, 0.25) is 0 Å². The molecule has 5 aromatic rings. The number of phenols is 1. The fraction of sp³-hybridized carbons (Fsp3) is 0.436. The molecule has 3 aliphatic rings. The zero-order valence-corrected chi connectivity index (χ0v) is 30.1. The van der Waals surface area contributed by atoms with Gasteiger partial charge in [-0.2, -0.15) is 15.1 Å². The van der Waals surface area contributed by atoms with Gasteiger partial charge < -0.3 is 19.6 Å². The number of aromatic hydroxyl groups is 1. The number of alkyl halides is 1. The first-order chi connectivity index (χ1) is 25.4. The monoisotopic (exact) mass is 731 g/mol. The zero-order valence-electron chi connectivity index (χ0n) is 30.1. The van der Waals surface area contributed by atoms with Crippen LogP contribution in [0, 0.1) is 24.4 Å². The number of nitrogens with zero attached hydrogens (tertiary/aromatic N) is 7. The van der Waals surface area contributed by atoms with Crippen LogP contribution in [0.25, 0.3) is 32.8 Å². The first kappa shape index (κ1) is 35.1. The van der Waals surface area contributed by atoms with E-state index in [1.807, 2.05) is 11.8 Å². The lowest BCUT2D eigenvalue weighted by Gasteiger charge is -2.31. The smallest absolute Gasteiger partial charge is 0.319 e. The summed E-state index contributed by atoms with van der Waals surface area (Å²) >= 11 is 0. The third kappa shape index (κ3) is 5.81. The van der Waals surface area contributed by atoms with Crippen LogP contribution in [0.15, 0.2) is 30.3 Å². The Labute approximate surface area is 304 Å². The first-order valence-corrected chi connectivity index (χ1v) is 18.1. The fourth-order valence-corrected chi connectivity index (χ4v) is 8.64. The van der Waals surface area contributed by atoms with Crippen LogP contribution in [-0.2, 0) is 19.5 Å². The number of rotatable bonds is 7. The predicted molar refractivity (Wildman–Crippen MR) is 193 cm³/mol. The van der Waals surface area contributed by atoms with Gasteiger partial charge in [0.15, 0.2) is 11.5 Å². The van der Waals surface area contributed by atoms with E-state index in [9.17, 15) is 14.3 Å². The second-order valence-electron chi connectivity index (χ2n) is 14.7. The number of benzene rings is 3. The van der Waals surface area contributed by atoms with Crippen molar-refractivity contribution < 1.29 is 32.2 Å². The molecule has 0 bridgehead atoms. The van der Waals surface area contributed by atoms with Gasteiger partial charge in [-0.25, -0.2) is 17.6 Å². The lowest BCUT2D eigenvalue weighted by molar-refractivity contribution is 0.0820. The highest BCUT2D eigenvalue weighted by molar-refractivity contribution is 6.03. The molecule has 8 rings (SSSR count). The molecule has 3 aromatic carbocycles. The Kier molecular flexibility index (Phi) is 8.70. The van der Waals surface area contributed by atoms with E-state index in [0.717, 1.165) is 25.1 Å². The van der Waals surface area contributed by atoms with Gasteiger partial charge in [0.25, 0.3) is 5.91 Å². The van der Waals surface area contributed by atoms with Gasteiger partial charge in [-0.15, -0.1) is 0 Å². The minimum Gasteiger partial charge on any atom is -0.508 e. The summed E-state index contributed by atoms with van der Waals surface area (Å²) < 4.78 is 71.6. The van der Waals surface area contributed by atoms with Crippen LogP contribution < -0.4 is 9.64 Å². The van der Waals surface area contributed by atoms with Crippen molar-refractivity contribution in [3.63, 3.8) is 0 Å². The molecule has 2 saturated heterocycles. The number of hydrogen-bond acceptors (Lipinski definition) is 8. The number of halogens is 4. The van der Waals surface area contributed by atoms with E-state index in [1.54, 1.807) is 25.7 Å². The summed E-state index contributed by atoms with van der Waals surface area (Å²) in [4.78, 5) is 27.7. The predicted octanol–water partition coefficient (Wildman–Crippen LogP) is 6.71. The summed E-state index contributed by atoms with van der Waals surface area (Å²) in [6, 6.07) is 6.44. The lowest BCUT2D eigenvalue weighted by atomic mass is 9.91. The Balaban J connectivity index is 1.30. The molecule has 14 heteroatoms. The second-order valence-corrected chi connectivity index (χ2v) is 14.7. The molecule has 53 heavy (non-hydrogen) atoms. The molecule has 0 aliphatic carbocycles. The Morgan fingerprint density at radius 3 is 2.66 bits per heavy atom. The van der Waals surface area contributed by atoms with E-state index in [0.29, 0.717) is 49.1 Å². The van der Waals surface area contributed by atoms with Crippen molar-refractivity contribution >= 4 is 33.4 Å². The number of carbonyl (C=O) groups is 1. The van der Waals surface area contributed by atoms with Crippen molar-refractivity contribution in [2.24, 2.45) is 0 Å². The highest BCUT2D eigenvalue weighted by Crippen LogP contribution is 2.43. The topological polar surface area (TPSA) is 99.9 Å². The normalized spacial score (nSPS) is 20.2. The third-order valence-corrected chi connectivity index (χ3v) is 11.2. The minimum atomic E-state index is -1.02. The molecule has 10 nitrogen and oxygen atoms in total. The van der Waals surface area contributed by atoms with Crippen molar-refractivity contribution in [2.45, 2.75) is 70.8 Å². The summed E-state index contributed by atoms with van der Waals surface area (Å²) in [7, 11) is 3.32. The van der Waals surface area contributed by atoms with Gasteiger partial charge in [-0.1, -0.05) is 13.0 Å². The molecular formula is C39H41F4N7O3. The quantitative estimate of drug-likeness (QED) is 0.185. The van der Waals surface area contributed by atoms with Gasteiger partial charge in [0, 0.05) is 51.1 Å². The van der Waals surface area contributed by atoms with Gasteiger partial charge in [-0.05, 0) is 85.3 Å². The van der Waals surface area contributed by atoms with Crippen LogP contribution in [0.1, 0.15) is 59.9 Å². The highest BCUT2D eigenvalue weighted by Gasteiger charge is 2.49. The number of aromatic nitrogens is 4. The maximum Gasteiger partial charge on any atom is 0.319 e. The van der Waals surface area contributed by atoms with E-state index in [4.69, 9.17) is 9.72 Å². The number of hydrogen-bond donors (Lipinski definition) is 1. The maximum absolute atomic E-state index is 17.2. The molecule has 0 radical (unpaired) electrons. The van der Waals surface area contributed by atoms with Gasteiger partial charge in [-0.3, -0.25) is 14.4 Å². The summed E-state index contributed by atoms with van der Waals surface area (Å²) in [6.45, 7) is 5.92. The van der Waals surface area contributed by atoms with Gasteiger partial charge in [0.05, 0.1) is 23.3 Å². The van der Waals surface area contributed by atoms with Crippen molar-refractivity contribution in [1.29, 1.82) is 0 Å². The van der Waals surface area contributed by atoms with Crippen LogP contribution in [0.3, 0.4) is 0 Å². The van der Waals surface area contributed by atoms with E-state index < -0.39 is 34.7 Å². The Morgan fingerprint density at radius 2 is 1.89 bits per heavy atom. The summed E-state index contributed by atoms with van der Waals surface area (Å²) in [5, 5.41) is 16.1. The zero-order chi connectivity index (χ0) is 37.3. The van der Waals surface area contributed by atoms with Crippen molar-refractivity contribution in [1.82, 2.24) is 29.5 Å². The number of phenolic OH excluding ortho intramolecular Hbond substituents is 1. The van der Waals surface area contributed by atoms with Gasteiger partial charge in [0.1, 0.15) is 41.5 Å². The molecule has 1 amide bonds. The van der Waals surface area contributed by atoms with Crippen LogP contribution >= 0.6 is 0 Å². The van der Waals surface area contributed by atoms with E-state index in [-0.39, 0.29) is 70.5 Å². The molecule has 2 atom stereocenters. The fourth-order valence-electron chi connectivity index (χ4n) is 8.64. The van der Waals surface area contributed by atoms with E-state index in [1.165, 1.54) is 35.2 Å². The lowest BCUT2D eigenvalue weighted by Crippen LogP contribution is -2.43. The third-order valence-electron chi connectivity index (χ3n) is 11.2. The Hall–Kier alpha value is -4.98. The maximum atomic E-state index is 17.2. The minimum absolute atomic E-state index is 0.0105. The first-order valence-electron chi connectivity index (χ1n) is 18.1. The highest BCUT2D eigenvalue weighted by atomic mass is 19.1. The molecule has 0 saturated carbocycles. The Bertz CT molecular complexity index is 2300. The molecule has 3 aliphatic heterocycles. The van der Waals surface area contributed by atoms with Crippen LogP contribution in [0.4, 0.5) is 23.4 Å². The van der Waals surface area contributed by atoms with Gasteiger partial charge in [0.2, 0.25) is 0 Å². The molecule has 278 valence electrons. The standard InChI is InChI=1S/C39H41F4N7O3/c1-5-25-28(41)9-8-22-14-24(51)15-26(31(22)25)32-29(42)16-27-35(33(32)43)44-38(53-20-39-10-6-12-49(39)18-23(40)17-39)45-36(27)48-11-7-13-50-30(19-48)21(2)34(46-50)37(52)47(3)4/h8-9,14-16,23,51H,5-7,10-13,17-20H2,1-4H3/t23-,39+/m1/s1. The average molecular weight is 732 g/mol. The molecule has 1 N–H and O–H groups in total. The summed E-state index contributed by atoms with van der Waals surface area (Å²) in [6.07, 6.45) is 1.79. The molecular weight excluding hydrogens is 690 g/mol. The number of carbonyl (C=O) groups excluding carboxylic acids is 1. The largest absolute Gasteiger partial charge is 0.508 e. The van der Waals surface area contributed by atoms with Crippen molar-refractivity contribution in [3.8, 4) is 22.9 Å². The Morgan fingerprint density at radius 1 is 1.08 bits per heavy atom. The van der Waals surface area contributed by atoms with Gasteiger partial charge >= 0.3 is 6.01 Å². The molecule has 0 unspecified atom stereocenters. The number of amides is 1. The number of ether oxygens (including phenoxy) is 1. The van der Waals surface area contributed by atoms with E-state index >= 15 is 13.2 Å². The number of fused-ring (bicyclic) bond motifs is 4. The number of aryl methyl sites for hydroxylation is 2. The molecule has 2 fully saturated rings. The molecule has 5 heterocycles. The molecule has 2 aromatic heterocycles. The van der Waals surface area contributed by atoms with Crippen molar-refractivity contribution in [2.75, 3.05) is 45.2 Å². The summed E-state index contributed by atoms with van der Waals surface area (Å²) in [5.74, 6) is -2.74. The van der Waals surface area contributed by atoms with Crippen LogP contribution in [-0.4, -0.2) is 92.6 Å². The second kappa shape index (κ2) is 13.2. The average Bonchev–Trinajstić information content (AvgIpc) is 3.69. The van der Waals surface area contributed by atoms with E-state index in [2.05, 4.69) is 15.0 Å². The SMILES string of the molecule is CCc1c(F)ccc2cc(O)cc(-c3c(F)cc4c(N5CCCn6nc(C(=O)N(C)C)c(C)c6C5)nc(OC[C@@]56CCCN5C[C@H](F)C6)nc4c3F)c12. The van der Waals surface area contributed by atoms with Crippen LogP contribution in [0.5, 0.6) is 11.8 Å².